The summed E-state index contributed by atoms with van der Waals surface area (Å²) in [5, 5.41) is 2.79. The van der Waals surface area contributed by atoms with Gasteiger partial charge in [-0.25, -0.2) is 0 Å². The van der Waals surface area contributed by atoms with Crippen molar-refractivity contribution in [2.45, 2.75) is 13.8 Å². The van der Waals surface area contributed by atoms with Gasteiger partial charge >= 0.3 is 0 Å². The summed E-state index contributed by atoms with van der Waals surface area (Å²) in [6.45, 7) is 7.98. The lowest BCUT2D eigenvalue weighted by Gasteiger charge is -2.12. The molecule has 0 unspecified atom stereocenters. The molecule has 120 valence electrons. The van der Waals surface area contributed by atoms with Crippen LogP contribution in [0.4, 0.5) is 5.69 Å². The molecule has 0 spiro atoms. The lowest BCUT2D eigenvalue weighted by Crippen LogP contribution is -2.20. The van der Waals surface area contributed by atoms with Crippen molar-refractivity contribution in [2.24, 2.45) is 0 Å². The van der Waals surface area contributed by atoms with Gasteiger partial charge in [0, 0.05) is 0 Å². The Hall–Kier alpha value is -2.75. The van der Waals surface area contributed by atoms with Gasteiger partial charge in [0.2, 0.25) is 0 Å². The van der Waals surface area contributed by atoms with E-state index in [0.717, 1.165) is 5.56 Å². The van der Waals surface area contributed by atoms with Gasteiger partial charge in [0.15, 0.2) is 6.61 Å². The van der Waals surface area contributed by atoms with Crippen LogP contribution in [0.2, 0.25) is 0 Å². The van der Waals surface area contributed by atoms with Crippen LogP contribution in [0.5, 0.6) is 11.5 Å². The van der Waals surface area contributed by atoms with Crippen LogP contribution in [0.25, 0.3) is 0 Å². The van der Waals surface area contributed by atoms with Crippen LogP contribution in [0, 0.1) is 13.8 Å². The fraction of sp³-hybridized carbons (Fsp3) is 0.211. The molecule has 0 saturated carbocycles. The minimum atomic E-state index is -0.238. The maximum atomic E-state index is 12.1. The van der Waals surface area contributed by atoms with Crippen molar-refractivity contribution in [3.63, 3.8) is 0 Å². The highest BCUT2D eigenvalue weighted by atomic mass is 16.5. The Morgan fingerprint density at radius 1 is 1.13 bits per heavy atom. The molecule has 1 N–H and O–H groups in total. The maximum absolute atomic E-state index is 12.1. The Bertz CT molecular complexity index is 695. The summed E-state index contributed by atoms with van der Waals surface area (Å²) in [7, 11) is 0. The van der Waals surface area contributed by atoms with Gasteiger partial charge < -0.3 is 14.8 Å². The zero-order valence-electron chi connectivity index (χ0n) is 13.5. The van der Waals surface area contributed by atoms with Crippen LogP contribution in [0.1, 0.15) is 11.1 Å². The van der Waals surface area contributed by atoms with Gasteiger partial charge in [0.25, 0.3) is 5.91 Å². The van der Waals surface area contributed by atoms with E-state index in [0.29, 0.717) is 23.8 Å². The first kappa shape index (κ1) is 16.6. The average Bonchev–Trinajstić information content (AvgIpc) is 2.55. The first-order chi connectivity index (χ1) is 11.1. The van der Waals surface area contributed by atoms with E-state index in [4.69, 9.17) is 9.47 Å². The zero-order valence-corrected chi connectivity index (χ0v) is 13.5. The van der Waals surface area contributed by atoms with E-state index >= 15 is 0 Å². The lowest BCUT2D eigenvalue weighted by atomic mass is 10.1. The number of nitrogens with one attached hydrogen (secondary N) is 1. The second-order valence-electron chi connectivity index (χ2n) is 5.18. The number of aryl methyl sites for hydroxylation is 2. The topological polar surface area (TPSA) is 47.6 Å². The molecule has 0 atom stereocenters. The van der Waals surface area contributed by atoms with Crippen molar-refractivity contribution in [3.8, 4) is 11.5 Å². The monoisotopic (exact) mass is 311 g/mol. The van der Waals surface area contributed by atoms with E-state index in [1.807, 2.05) is 44.2 Å². The normalized spacial score (nSPS) is 10.0. The largest absolute Gasteiger partial charge is 0.487 e. The van der Waals surface area contributed by atoms with E-state index in [1.165, 1.54) is 5.56 Å². The molecule has 0 saturated heterocycles. The molecule has 0 aliphatic carbocycles. The molecule has 0 aliphatic rings. The number of anilines is 1. The number of para-hydroxylation sites is 2. The van der Waals surface area contributed by atoms with Crippen molar-refractivity contribution >= 4 is 11.6 Å². The molecule has 0 radical (unpaired) electrons. The van der Waals surface area contributed by atoms with Gasteiger partial charge in [-0.3, -0.25) is 4.79 Å². The minimum Gasteiger partial charge on any atom is -0.487 e. The number of ether oxygens (including phenoxy) is 2. The molecule has 4 heteroatoms. The summed E-state index contributed by atoms with van der Waals surface area (Å²) >= 11 is 0. The number of amides is 1. The molecule has 23 heavy (non-hydrogen) atoms. The summed E-state index contributed by atoms with van der Waals surface area (Å²) in [6.07, 6.45) is 1.65. The zero-order chi connectivity index (χ0) is 16.7. The first-order valence-corrected chi connectivity index (χ1v) is 7.43. The number of hydrogen-bond donors (Lipinski definition) is 1. The second kappa shape index (κ2) is 8.03. The van der Waals surface area contributed by atoms with Gasteiger partial charge in [-0.15, -0.1) is 0 Å². The Balaban J connectivity index is 1.94. The van der Waals surface area contributed by atoms with E-state index in [2.05, 4.69) is 11.9 Å². The fourth-order valence-corrected chi connectivity index (χ4v) is 1.98. The molecular weight excluding hydrogens is 290 g/mol. The van der Waals surface area contributed by atoms with E-state index < -0.39 is 0 Å². The summed E-state index contributed by atoms with van der Waals surface area (Å²) in [5.74, 6) is 1.05. The number of rotatable bonds is 7. The molecular formula is C19H21NO3. The Labute approximate surface area is 136 Å². The molecule has 0 aromatic heterocycles. The summed E-state index contributed by atoms with van der Waals surface area (Å²) in [4.78, 5) is 12.1. The third kappa shape index (κ3) is 4.88. The Morgan fingerprint density at radius 2 is 1.91 bits per heavy atom. The fourth-order valence-electron chi connectivity index (χ4n) is 1.98. The van der Waals surface area contributed by atoms with E-state index in [9.17, 15) is 4.79 Å². The number of carbonyl (C=O) groups is 1. The quantitative estimate of drug-likeness (QED) is 0.789. The molecule has 0 fully saturated rings. The molecule has 1 amide bonds. The third-order valence-corrected chi connectivity index (χ3v) is 3.37. The van der Waals surface area contributed by atoms with Gasteiger partial charge in [0.05, 0.1) is 5.69 Å². The predicted octanol–water partition coefficient (Wildman–Crippen LogP) is 3.89. The molecule has 4 nitrogen and oxygen atoms in total. The van der Waals surface area contributed by atoms with Crippen molar-refractivity contribution in [3.05, 3.63) is 66.2 Å². The third-order valence-electron chi connectivity index (χ3n) is 3.37. The first-order valence-electron chi connectivity index (χ1n) is 7.43. The lowest BCUT2D eigenvalue weighted by molar-refractivity contribution is -0.118. The van der Waals surface area contributed by atoms with E-state index in [1.54, 1.807) is 18.2 Å². The van der Waals surface area contributed by atoms with E-state index in [-0.39, 0.29) is 12.5 Å². The highest BCUT2D eigenvalue weighted by Crippen LogP contribution is 2.23. The summed E-state index contributed by atoms with van der Waals surface area (Å²) in [5.41, 5.74) is 2.93. The SMILES string of the molecule is C=CCOc1ccccc1NC(=O)COc1ccc(C)c(C)c1. The molecule has 2 rings (SSSR count). The predicted molar refractivity (Wildman–Crippen MR) is 92.2 cm³/mol. The van der Waals surface area contributed by atoms with Crippen LogP contribution in [-0.4, -0.2) is 19.1 Å². The van der Waals surface area contributed by atoms with Crippen molar-refractivity contribution < 1.29 is 14.3 Å². The molecule has 0 aliphatic heterocycles. The van der Waals surface area contributed by atoms with Gasteiger partial charge in [-0.1, -0.05) is 30.9 Å². The summed E-state index contributed by atoms with van der Waals surface area (Å²) < 4.78 is 11.0. The number of benzene rings is 2. The van der Waals surface area contributed by atoms with Gasteiger partial charge in [0.1, 0.15) is 18.1 Å². The van der Waals surface area contributed by atoms with Crippen LogP contribution in [0.15, 0.2) is 55.1 Å². The maximum Gasteiger partial charge on any atom is 0.262 e. The number of carbonyl (C=O) groups excluding carboxylic acids is 1. The van der Waals surface area contributed by atoms with Crippen molar-refractivity contribution in [1.82, 2.24) is 0 Å². The van der Waals surface area contributed by atoms with Crippen molar-refractivity contribution in [2.75, 3.05) is 18.5 Å². The molecule has 0 bridgehead atoms. The van der Waals surface area contributed by atoms with Crippen molar-refractivity contribution in [1.29, 1.82) is 0 Å². The van der Waals surface area contributed by atoms with Crippen LogP contribution in [0.3, 0.4) is 0 Å². The van der Waals surface area contributed by atoms with Crippen LogP contribution >= 0.6 is 0 Å². The second-order valence-corrected chi connectivity index (χ2v) is 5.18. The Morgan fingerprint density at radius 3 is 2.65 bits per heavy atom. The highest BCUT2D eigenvalue weighted by Gasteiger charge is 2.08. The highest BCUT2D eigenvalue weighted by molar-refractivity contribution is 5.93. The van der Waals surface area contributed by atoms with Gasteiger partial charge in [-0.05, 0) is 49.2 Å². The average molecular weight is 311 g/mol. The van der Waals surface area contributed by atoms with Crippen LogP contribution < -0.4 is 14.8 Å². The standard InChI is InChI=1S/C19H21NO3/c1-4-11-22-18-8-6-5-7-17(18)20-19(21)13-23-16-10-9-14(2)15(3)12-16/h4-10,12H,1,11,13H2,2-3H3,(H,20,21). The Kier molecular flexibility index (Phi) is 5.80. The van der Waals surface area contributed by atoms with Crippen LogP contribution in [-0.2, 0) is 4.79 Å². The molecule has 0 heterocycles. The molecule has 2 aromatic rings. The summed E-state index contributed by atoms with van der Waals surface area (Å²) in [6, 6.07) is 13.0. The number of hydrogen-bond acceptors (Lipinski definition) is 3. The minimum absolute atomic E-state index is 0.0572. The molecule has 2 aromatic carbocycles. The smallest absolute Gasteiger partial charge is 0.262 e. The van der Waals surface area contributed by atoms with Gasteiger partial charge in [-0.2, -0.15) is 0 Å².